The Morgan fingerprint density at radius 2 is 1.39 bits per heavy atom. The van der Waals surface area contributed by atoms with Crippen molar-refractivity contribution in [2.24, 2.45) is 11.8 Å². The van der Waals surface area contributed by atoms with Crippen LogP contribution in [0.25, 0.3) is 0 Å². The maximum atomic E-state index is 11.7. The van der Waals surface area contributed by atoms with Gasteiger partial charge in [0.1, 0.15) is 0 Å². The highest BCUT2D eigenvalue weighted by molar-refractivity contribution is 5.69. The fourth-order valence-electron chi connectivity index (χ4n) is 2.23. The Bertz CT molecular complexity index is 312. The van der Waals surface area contributed by atoms with Gasteiger partial charge < -0.3 is 9.47 Å². The Kier molecular flexibility index (Phi) is 13.9. The van der Waals surface area contributed by atoms with Gasteiger partial charge in [-0.15, -0.1) is 0 Å². The SMILES string of the molecule is CCCCC(CC)COC(=O)CCCCCC(=O)OCC(C)C. The first kappa shape index (κ1) is 21.9. The molecule has 0 spiro atoms. The molecule has 0 N–H and O–H groups in total. The van der Waals surface area contributed by atoms with Gasteiger partial charge in [-0.05, 0) is 31.1 Å². The van der Waals surface area contributed by atoms with Crippen molar-refractivity contribution >= 4 is 11.9 Å². The molecule has 0 aromatic carbocycles. The maximum absolute atomic E-state index is 11.7. The van der Waals surface area contributed by atoms with Crippen molar-refractivity contribution in [3.8, 4) is 0 Å². The van der Waals surface area contributed by atoms with Crippen LogP contribution in [0, 0.1) is 11.8 Å². The molecular formula is C19H36O4. The minimum atomic E-state index is -0.136. The summed E-state index contributed by atoms with van der Waals surface area (Å²) in [4.78, 5) is 23.1. The van der Waals surface area contributed by atoms with Crippen LogP contribution >= 0.6 is 0 Å². The maximum Gasteiger partial charge on any atom is 0.305 e. The fraction of sp³-hybridized carbons (Fsp3) is 0.895. The monoisotopic (exact) mass is 328 g/mol. The van der Waals surface area contributed by atoms with E-state index in [9.17, 15) is 9.59 Å². The fourth-order valence-corrected chi connectivity index (χ4v) is 2.23. The summed E-state index contributed by atoms with van der Waals surface area (Å²) in [7, 11) is 0. The molecule has 0 aliphatic rings. The number of ether oxygens (including phenoxy) is 2. The van der Waals surface area contributed by atoms with E-state index >= 15 is 0 Å². The summed E-state index contributed by atoms with van der Waals surface area (Å²) in [5.74, 6) is 0.623. The molecule has 0 fully saturated rings. The number of esters is 2. The molecular weight excluding hydrogens is 292 g/mol. The number of rotatable bonds is 14. The molecule has 0 aliphatic heterocycles. The van der Waals surface area contributed by atoms with Crippen molar-refractivity contribution in [1.29, 1.82) is 0 Å². The molecule has 0 heterocycles. The zero-order valence-corrected chi connectivity index (χ0v) is 15.6. The number of hydrogen-bond donors (Lipinski definition) is 0. The first-order valence-corrected chi connectivity index (χ1v) is 9.30. The topological polar surface area (TPSA) is 52.6 Å². The van der Waals surface area contributed by atoms with Gasteiger partial charge in [0.25, 0.3) is 0 Å². The summed E-state index contributed by atoms with van der Waals surface area (Å²) in [5, 5.41) is 0. The Hall–Kier alpha value is -1.06. The quantitative estimate of drug-likeness (QED) is 0.336. The molecule has 0 amide bonds. The molecule has 0 saturated heterocycles. The molecule has 1 unspecified atom stereocenters. The summed E-state index contributed by atoms with van der Waals surface area (Å²) in [6.45, 7) is 9.40. The molecule has 136 valence electrons. The average molecular weight is 328 g/mol. The van der Waals surface area contributed by atoms with Crippen LogP contribution in [0.3, 0.4) is 0 Å². The minimum Gasteiger partial charge on any atom is -0.465 e. The van der Waals surface area contributed by atoms with E-state index in [1.54, 1.807) is 0 Å². The van der Waals surface area contributed by atoms with E-state index in [0.29, 0.717) is 37.9 Å². The van der Waals surface area contributed by atoms with Crippen LogP contribution in [0.2, 0.25) is 0 Å². The molecule has 0 saturated carbocycles. The van der Waals surface area contributed by atoms with Crippen LogP contribution in [0.5, 0.6) is 0 Å². The van der Waals surface area contributed by atoms with Crippen molar-refractivity contribution < 1.29 is 19.1 Å². The third-order valence-electron chi connectivity index (χ3n) is 3.86. The van der Waals surface area contributed by atoms with Crippen LogP contribution in [0.15, 0.2) is 0 Å². The number of carbonyl (C=O) groups is 2. The van der Waals surface area contributed by atoms with Gasteiger partial charge in [0, 0.05) is 12.8 Å². The molecule has 1 atom stereocenters. The highest BCUT2D eigenvalue weighted by Crippen LogP contribution is 2.13. The van der Waals surface area contributed by atoms with Gasteiger partial charge in [-0.25, -0.2) is 0 Å². The summed E-state index contributed by atoms with van der Waals surface area (Å²) in [5.41, 5.74) is 0. The first-order valence-electron chi connectivity index (χ1n) is 9.30. The van der Waals surface area contributed by atoms with E-state index in [-0.39, 0.29) is 11.9 Å². The average Bonchev–Trinajstić information content (AvgIpc) is 2.52. The lowest BCUT2D eigenvalue weighted by molar-refractivity contribution is -0.145. The van der Waals surface area contributed by atoms with E-state index in [2.05, 4.69) is 13.8 Å². The summed E-state index contributed by atoms with van der Waals surface area (Å²) in [6.07, 6.45) is 7.89. The zero-order valence-electron chi connectivity index (χ0n) is 15.6. The van der Waals surface area contributed by atoms with Crippen molar-refractivity contribution in [1.82, 2.24) is 0 Å². The predicted molar refractivity (Wildman–Crippen MR) is 93.1 cm³/mol. The Morgan fingerprint density at radius 3 is 1.87 bits per heavy atom. The van der Waals surface area contributed by atoms with Crippen molar-refractivity contribution in [3.63, 3.8) is 0 Å². The summed E-state index contributed by atoms with van der Waals surface area (Å²) >= 11 is 0. The van der Waals surface area contributed by atoms with E-state index in [4.69, 9.17) is 9.47 Å². The molecule has 0 aliphatic carbocycles. The van der Waals surface area contributed by atoms with Crippen molar-refractivity contribution in [2.45, 2.75) is 85.5 Å². The lowest BCUT2D eigenvalue weighted by Crippen LogP contribution is -2.13. The van der Waals surface area contributed by atoms with Gasteiger partial charge >= 0.3 is 11.9 Å². The largest absolute Gasteiger partial charge is 0.465 e. The van der Waals surface area contributed by atoms with E-state index in [1.165, 1.54) is 12.8 Å². The number of unbranched alkanes of at least 4 members (excludes halogenated alkanes) is 3. The van der Waals surface area contributed by atoms with E-state index in [1.807, 2.05) is 13.8 Å². The molecule has 0 bridgehead atoms. The highest BCUT2D eigenvalue weighted by Gasteiger charge is 2.10. The van der Waals surface area contributed by atoms with E-state index in [0.717, 1.165) is 32.1 Å². The van der Waals surface area contributed by atoms with Crippen LogP contribution < -0.4 is 0 Å². The smallest absolute Gasteiger partial charge is 0.305 e. The first-order chi connectivity index (χ1) is 11.0. The third-order valence-corrected chi connectivity index (χ3v) is 3.86. The van der Waals surface area contributed by atoms with Gasteiger partial charge in [0.2, 0.25) is 0 Å². The molecule has 4 nitrogen and oxygen atoms in total. The molecule has 0 aromatic heterocycles. The second kappa shape index (κ2) is 14.5. The Balaban J connectivity index is 3.57. The van der Waals surface area contributed by atoms with Crippen LogP contribution in [-0.4, -0.2) is 25.2 Å². The van der Waals surface area contributed by atoms with Crippen molar-refractivity contribution in [3.05, 3.63) is 0 Å². The second-order valence-corrected chi connectivity index (χ2v) is 6.74. The molecule has 0 rings (SSSR count). The normalized spacial score (nSPS) is 12.2. The molecule has 0 aromatic rings. The Morgan fingerprint density at radius 1 is 0.826 bits per heavy atom. The van der Waals surface area contributed by atoms with Crippen molar-refractivity contribution in [2.75, 3.05) is 13.2 Å². The van der Waals surface area contributed by atoms with Crippen LogP contribution in [0.1, 0.15) is 85.5 Å². The lowest BCUT2D eigenvalue weighted by atomic mass is 10.0. The second-order valence-electron chi connectivity index (χ2n) is 6.74. The number of carbonyl (C=O) groups excluding carboxylic acids is 2. The molecule has 23 heavy (non-hydrogen) atoms. The van der Waals surface area contributed by atoms with Crippen LogP contribution in [0.4, 0.5) is 0 Å². The summed E-state index contributed by atoms with van der Waals surface area (Å²) in [6, 6.07) is 0. The minimum absolute atomic E-state index is 0.109. The van der Waals surface area contributed by atoms with Gasteiger partial charge in [-0.3, -0.25) is 9.59 Å². The summed E-state index contributed by atoms with van der Waals surface area (Å²) < 4.78 is 10.5. The molecule has 4 heteroatoms. The Labute approximate surface area is 142 Å². The predicted octanol–water partition coefficient (Wildman–Crippen LogP) is 4.90. The third kappa shape index (κ3) is 14.3. The standard InChI is InChI=1S/C19H36O4/c1-5-7-11-17(6-2)15-23-19(21)13-10-8-9-12-18(20)22-14-16(3)4/h16-17H,5-15H2,1-4H3. The van der Waals surface area contributed by atoms with Gasteiger partial charge in [-0.1, -0.05) is 53.4 Å². The van der Waals surface area contributed by atoms with Gasteiger partial charge in [-0.2, -0.15) is 0 Å². The lowest BCUT2D eigenvalue weighted by Gasteiger charge is -2.14. The van der Waals surface area contributed by atoms with Gasteiger partial charge in [0.15, 0.2) is 0 Å². The van der Waals surface area contributed by atoms with Crippen LogP contribution in [-0.2, 0) is 19.1 Å². The number of hydrogen-bond acceptors (Lipinski definition) is 4. The molecule has 0 radical (unpaired) electrons. The highest BCUT2D eigenvalue weighted by atomic mass is 16.5. The van der Waals surface area contributed by atoms with Gasteiger partial charge in [0.05, 0.1) is 13.2 Å². The zero-order chi connectivity index (χ0) is 17.5. The van der Waals surface area contributed by atoms with E-state index < -0.39 is 0 Å².